The summed E-state index contributed by atoms with van der Waals surface area (Å²) in [5.74, 6) is -1.02. The van der Waals surface area contributed by atoms with Gasteiger partial charge in [-0.3, -0.25) is 0 Å². The zero-order valence-electron chi connectivity index (χ0n) is 21.9. The fourth-order valence-electron chi connectivity index (χ4n) is 6.58. The molecule has 1 fully saturated rings. The lowest BCUT2D eigenvalue weighted by atomic mass is 9.66. The van der Waals surface area contributed by atoms with Gasteiger partial charge in [-0.15, -0.1) is 10.2 Å². The van der Waals surface area contributed by atoms with Gasteiger partial charge in [0.1, 0.15) is 27.8 Å². The van der Waals surface area contributed by atoms with E-state index in [2.05, 4.69) is 39.1 Å². The lowest BCUT2D eigenvalue weighted by Gasteiger charge is -2.37. The highest BCUT2D eigenvalue weighted by Gasteiger charge is 2.65. The molecule has 3 atom stereocenters. The molecule has 3 aromatic heterocycles. The van der Waals surface area contributed by atoms with Gasteiger partial charge in [-0.05, 0) is 54.0 Å². The van der Waals surface area contributed by atoms with Crippen LogP contribution in [0.2, 0.25) is 0 Å². The predicted octanol–water partition coefficient (Wildman–Crippen LogP) is 4.14. The second kappa shape index (κ2) is 8.67. The molecule has 2 aliphatic rings. The van der Waals surface area contributed by atoms with Crippen LogP contribution in [0, 0.1) is 17.0 Å². The van der Waals surface area contributed by atoms with E-state index in [-0.39, 0.29) is 34.3 Å². The molecule has 4 aromatic rings. The average molecular weight is 552 g/mol. The van der Waals surface area contributed by atoms with Crippen molar-refractivity contribution in [1.29, 1.82) is 0 Å². The van der Waals surface area contributed by atoms with Gasteiger partial charge in [-0.1, -0.05) is 26.8 Å². The Morgan fingerprint density at radius 3 is 2.59 bits per heavy atom. The predicted molar refractivity (Wildman–Crippen MR) is 139 cm³/mol. The molecule has 0 N–H and O–H groups in total. The van der Waals surface area contributed by atoms with Crippen LogP contribution in [-0.2, 0) is 15.3 Å². The highest BCUT2D eigenvalue weighted by Crippen LogP contribution is 2.69. The number of benzene rings is 1. The summed E-state index contributed by atoms with van der Waals surface area (Å²) in [5, 5.41) is 13.3. The quantitative estimate of drug-likeness (QED) is 0.351. The lowest BCUT2D eigenvalue weighted by Crippen LogP contribution is -2.38. The number of rotatable bonds is 6. The van der Waals surface area contributed by atoms with Crippen LogP contribution in [-0.4, -0.2) is 55.4 Å². The smallest absolute Gasteiger partial charge is 0.229 e. The fourth-order valence-corrected chi connectivity index (χ4v) is 7.64. The monoisotopic (exact) mass is 551 g/mol. The second-order valence-corrected chi connectivity index (χ2v) is 13.3. The van der Waals surface area contributed by atoms with Crippen molar-refractivity contribution >= 4 is 9.84 Å². The Morgan fingerprint density at radius 2 is 1.87 bits per heavy atom. The maximum Gasteiger partial charge on any atom is 0.252 e. The van der Waals surface area contributed by atoms with Gasteiger partial charge in [0.05, 0.1) is 33.8 Å². The first-order chi connectivity index (χ1) is 18.4. The molecular weight excluding hydrogens is 524 g/mol. The zero-order valence-corrected chi connectivity index (χ0v) is 22.7. The highest BCUT2D eigenvalue weighted by molar-refractivity contribution is 7.90. The molecule has 3 heterocycles. The van der Waals surface area contributed by atoms with E-state index in [1.54, 1.807) is 19.2 Å². The van der Waals surface area contributed by atoms with E-state index in [1.165, 1.54) is 35.5 Å². The Kier molecular flexibility index (Phi) is 5.69. The molecule has 202 valence electrons. The van der Waals surface area contributed by atoms with E-state index in [4.69, 9.17) is 4.98 Å². The number of hydrogen-bond donors (Lipinski definition) is 0. The fraction of sp³-hybridized carbons (Fsp3) is 0.407. The van der Waals surface area contributed by atoms with E-state index in [1.807, 2.05) is 6.07 Å². The van der Waals surface area contributed by atoms with Gasteiger partial charge in [0.2, 0.25) is 0 Å². The maximum absolute atomic E-state index is 14.5. The van der Waals surface area contributed by atoms with E-state index in [0.717, 1.165) is 29.8 Å². The van der Waals surface area contributed by atoms with Crippen molar-refractivity contribution in [2.75, 3.05) is 12.0 Å². The minimum atomic E-state index is -3.19. The van der Waals surface area contributed by atoms with E-state index >= 15 is 0 Å². The number of halogens is 2. The minimum Gasteiger partial charge on any atom is -0.229 e. The normalized spacial score (nSPS) is 22.2. The summed E-state index contributed by atoms with van der Waals surface area (Å²) in [6, 6.07) is 7.38. The number of sulfone groups is 1. The molecule has 1 unspecified atom stereocenters. The van der Waals surface area contributed by atoms with Crippen LogP contribution in [0.5, 0.6) is 0 Å². The molecule has 39 heavy (non-hydrogen) atoms. The number of fused-ring (bicyclic) bond motifs is 5. The standard InChI is InChI=1S/C27H27F2N7O2S/c1-15(13-39(4,37)38)24-31-14-36(35-24)25-30-11-9-21(32-25)27-10-8-17(26(27,2)3)16-12-20(33-34-23(16)27)22-18(28)6-5-7-19(22)29/h5-7,9,11-12,14-15,17H,8,10,13H2,1-4H3/t15?,17-,27+/m0/s1. The van der Waals surface area contributed by atoms with Gasteiger partial charge in [-0.2, -0.15) is 9.78 Å². The van der Waals surface area contributed by atoms with Crippen molar-refractivity contribution in [2.45, 2.75) is 50.9 Å². The Bertz CT molecular complexity index is 1700. The molecule has 0 radical (unpaired) electrons. The van der Waals surface area contributed by atoms with E-state index in [9.17, 15) is 17.2 Å². The van der Waals surface area contributed by atoms with Crippen LogP contribution in [0.25, 0.3) is 17.2 Å². The van der Waals surface area contributed by atoms with Crippen LogP contribution >= 0.6 is 0 Å². The largest absolute Gasteiger partial charge is 0.252 e. The molecule has 0 spiro atoms. The summed E-state index contributed by atoms with van der Waals surface area (Å²) in [6.07, 6.45) is 5.96. The third kappa shape index (κ3) is 3.87. The average Bonchev–Trinajstić information content (AvgIpc) is 3.52. The summed E-state index contributed by atoms with van der Waals surface area (Å²) < 4.78 is 54.0. The van der Waals surface area contributed by atoms with Gasteiger partial charge in [0.25, 0.3) is 5.95 Å². The number of aromatic nitrogens is 7. The first-order valence-corrected chi connectivity index (χ1v) is 14.7. The van der Waals surface area contributed by atoms with Gasteiger partial charge >= 0.3 is 0 Å². The molecular formula is C27H27F2N7O2S. The Labute approximate surface area is 224 Å². The summed E-state index contributed by atoms with van der Waals surface area (Å²) in [6.45, 7) is 6.09. The number of nitrogens with zero attached hydrogens (tertiary/aromatic N) is 7. The second-order valence-electron chi connectivity index (χ2n) is 11.1. The van der Waals surface area contributed by atoms with Crippen molar-refractivity contribution in [3.05, 3.63) is 77.3 Å². The molecule has 12 heteroatoms. The SMILES string of the molecule is CC(CS(C)(=O)=O)c1ncn(-c2nccc([C@]34CC[C@@H](c5cc(-c6c(F)cccc6F)nnc53)C4(C)C)n2)n1. The molecule has 9 nitrogen and oxygen atoms in total. The van der Waals surface area contributed by atoms with Crippen molar-refractivity contribution in [2.24, 2.45) is 5.41 Å². The van der Waals surface area contributed by atoms with Gasteiger partial charge in [-0.25, -0.2) is 32.2 Å². The lowest BCUT2D eigenvalue weighted by molar-refractivity contribution is 0.242. The maximum atomic E-state index is 14.5. The summed E-state index contributed by atoms with van der Waals surface area (Å²) >= 11 is 0. The van der Waals surface area contributed by atoms with Crippen molar-refractivity contribution in [3.63, 3.8) is 0 Å². The van der Waals surface area contributed by atoms with Crippen LogP contribution in [0.1, 0.15) is 68.2 Å². The molecule has 2 bridgehead atoms. The van der Waals surface area contributed by atoms with Crippen LogP contribution in [0.15, 0.2) is 42.9 Å². The minimum absolute atomic E-state index is 0.0647. The first-order valence-electron chi connectivity index (χ1n) is 12.7. The molecule has 0 saturated heterocycles. The molecule has 2 aliphatic carbocycles. The summed E-state index contributed by atoms with van der Waals surface area (Å²) in [4.78, 5) is 13.6. The van der Waals surface area contributed by atoms with Crippen molar-refractivity contribution in [1.82, 2.24) is 34.9 Å². The highest BCUT2D eigenvalue weighted by atomic mass is 32.2. The topological polar surface area (TPSA) is 116 Å². The van der Waals surface area contributed by atoms with Crippen LogP contribution in [0.3, 0.4) is 0 Å². The Balaban J connectivity index is 1.42. The molecule has 0 amide bonds. The summed E-state index contributed by atoms with van der Waals surface area (Å²) in [7, 11) is -3.19. The van der Waals surface area contributed by atoms with E-state index in [0.29, 0.717) is 11.8 Å². The van der Waals surface area contributed by atoms with E-state index < -0.39 is 26.9 Å². The molecule has 6 rings (SSSR count). The molecule has 1 saturated carbocycles. The third-order valence-corrected chi connectivity index (χ3v) is 9.49. The van der Waals surface area contributed by atoms with Gasteiger partial charge in [0.15, 0.2) is 5.82 Å². The van der Waals surface area contributed by atoms with Gasteiger partial charge < -0.3 is 0 Å². The molecule has 0 aliphatic heterocycles. The Morgan fingerprint density at radius 1 is 1.13 bits per heavy atom. The van der Waals surface area contributed by atoms with Crippen LogP contribution < -0.4 is 0 Å². The number of hydrogen-bond acceptors (Lipinski definition) is 8. The van der Waals surface area contributed by atoms with Crippen molar-refractivity contribution in [3.8, 4) is 17.2 Å². The Hall–Kier alpha value is -3.67. The zero-order chi connectivity index (χ0) is 27.7. The first kappa shape index (κ1) is 25.6. The van der Waals surface area contributed by atoms with Crippen molar-refractivity contribution < 1.29 is 17.2 Å². The summed E-state index contributed by atoms with van der Waals surface area (Å²) in [5.41, 5.74) is 1.53. The van der Waals surface area contributed by atoms with Gasteiger partial charge in [0, 0.05) is 18.4 Å². The third-order valence-electron chi connectivity index (χ3n) is 8.39. The van der Waals surface area contributed by atoms with Crippen LogP contribution in [0.4, 0.5) is 8.78 Å². The molecule has 1 aromatic carbocycles.